The largest absolute Gasteiger partial charge is 0.466 e. The molecule has 0 aliphatic rings. The number of carbonyl (C=O) groups is 2. The van der Waals surface area contributed by atoms with Crippen LogP contribution in [0.15, 0.2) is 24.3 Å². The van der Waals surface area contributed by atoms with Gasteiger partial charge in [0.1, 0.15) is 0 Å². The number of nitrogens with one attached hydrogen (secondary N) is 1. The van der Waals surface area contributed by atoms with Gasteiger partial charge in [-0.3, -0.25) is 9.59 Å². The molecule has 72 heavy (non-hydrogen) atoms. The Hall–Kier alpha value is -1.66. The lowest BCUT2D eigenvalue weighted by molar-refractivity contribution is -0.143. The van der Waals surface area contributed by atoms with Crippen molar-refractivity contribution in [2.75, 3.05) is 13.2 Å². The predicted octanol–water partition coefficient (Wildman–Crippen LogP) is 20.6. The van der Waals surface area contributed by atoms with Crippen molar-refractivity contribution >= 4 is 11.9 Å². The highest BCUT2D eigenvalue weighted by molar-refractivity contribution is 5.76. The van der Waals surface area contributed by atoms with Gasteiger partial charge < -0.3 is 20.3 Å². The summed E-state index contributed by atoms with van der Waals surface area (Å²) in [4.78, 5) is 24.5. The molecular weight excluding hydrogens is 887 g/mol. The molecule has 0 aromatic rings. The molecule has 1 amide bonds. The zero-order valence-corrected chi connectivity index (χ0v) is 48.7. The molecule has 0 rings (SSSR count). The van der Waals surface area contributed by atoms with Crippen molar-refractivity contribution in [3.8, 4) is 0 Å². The number of hydrogen-bond acceptors (Lipinski definition) is 5. The summed E-state index contributed by atoms with van der Waals surface area (Å²) in [5.41, 5.74) is 0. The number of hydrogen-bond donors (Lipinski definition) is 3. The monoisotopic (exact) mass is 1010 g/mol. The number of amides is 1. The van der Waals surface area contributed by atoms with E-state index in [0.717, 1.165) is 44.9 Å². The molecule has 2 atom stereocenters. The molecule has 0 radical (unpaired) electrons. The second kappa shape index (κ2) is 61.9. The van der Waals surface area contributed by atoms with Crippen molar-refractivity contribution in [3.05, 3.63) is 24.3 Å². The van der Waals surface area contributed by atoms with Crippen LogP contribution in [-0.4, -0.2) is 47.4 Å². The fraction of sp³-hybridized carbons (Fsp3) is 0.909. The first kappa shape index (κ1) is 70.3. The van der Waals surface area contributed by atoms with Gasteiger partial charge in [-0.2, -0.15) is 0 Å². The van der Waals surface area contributed by atoms with Crippen LogP contribution in [0.25, 0.3) is 0 Å². The maximum atomic E-state index is 12.4. The van der Waals surface area contributed by atoms with Crippen molar-refractivity contribution in [3.63, 3.8) is 0 Å². The number of carbonyl (C=O) groups excluding carboxylic acids is 2. The minimum Gasteiger partial charge on any atom is -0.466 e. The van der Waals surface area contributed by atoms with Gasteiger partial charge in [0.15, 0.2) is 0 Å². The van der Waals surface area contributed by atoms with Crippen LogP contribution in [0.4, 0.5) is 0 Å². The number of allylic oxidation sites excluding steroid dienone is 3. The molecule has 0 aliphatic heterocycles. The summed E-state index contributed by atoms with van der Waals surface area (Å²) < 4.78 is 5.50. The number of aliphatic hydroxyl groups is 2. The molecule has 0 aliphatic carbocycles. The first-order chi connectivity index (χ1) is 35.5. The fourth-order valence-electron chi connectivity index (χ4n) is 10.2. The van der Waals surface area contributed by atoms with Crippen molar-refractivity contribution in [2.24, 2.45) is 0 Å². The molecule has 3 N–H and O–H groups in total. The van der Waals surface area contributed by atoms with Crippen LogP contribution in [0.5, 0.6) is 0 Å². The second-order valence-electron chi connectivity index (χ2n) is 22.5. The molecule has 0 saturated carbocycles. The van der Waals surface area contributed by atoms with Gasteiger partial charge in [-0.05, 0) is 57.8 Å². The Labute approximate surface area is 450 Å². The Kier molecular flexibility index (Phi) is 60.5. The molecule has 2 unspecified atom stereocenters. The molecule has 6 heteroatoms. The third kappa shape index (κ3) is 57.6. The van der Waals surface area contributed by atoms with Gasteiger partial charge in [-0.25, -0.2) is 0 Å². The minimum atomic E-state index is -0.840. The van der Waals surface area contributed by atoms with E-state index in [1.165, 1.54) is 289 Å². The average molecular weight is 1010 g/mol. The van der Waals surface area contributed by atoms with Gasteiger partial charge in [-0.1, -0.05) is 314 Å². The molecule has 0 bridgehead atoms. The van der Waals surface area contributed by atoms with Gasteiger partial charge in [0.25, 0.3) is 0 Å². The smallest absolute Gasteiger partial charge is 0.305 e. The first-order valence-corrected chi connectivity index (χ1v) is 32.6. The summed E-state index contributed by atoms with van der Waals surface area (Å²) in [6.45, 7) is 4.90. The summed E-state index contributed by atoms with van der Waals surface area (Å²) in [6, 6.07) is -0.623. The van der Waals surface area contributed by atoms with Crippen LogP contribution >= 0.6 is 0 Å². The average Bonchev–Trinajstić information content (AvgIpc) is 3.38. The molecule has 0 heterocycles. The van der Waals surface area contributed by atoms with Crippen LogP contribution in [-0.2, 0) is 14.3 Å². The van der Waals surface area contributed by atoms with Gasteiger partial charge >= 0.3 is 5.97 Å². The van der Waals surface area contributed by atoms with E-state index in [-0.39, 0.29) is 18.5 Å². The highest BCUT2D eigenvalue weighted by Gasteiger charge is 2.18. The summed E-state index contributed by atoms with van der Waals surface area (Å²) in [5, 5.41) is 23.0. The van der Waals surface area contributed by atoms with Gasteiger partial charge in [-0.15, -0.1) is 0 Å². The van der Waals surface area contributed by atoms with Crippen molar-refractivity contribution in [1.82, 2.24) is 5.32 Å². The predicted molar refractivity (Wildman–Crippen MR) is 315 cm³/mol. The molecule has 0 aromatic heterocycles. The van der Waals surface area contributed by atoms with Crippen molar-refractivity contribution < 1.29 is 24.5 Å². The van der Waals surface area contributed by atoms with Crippen molar-refractivity contribution in [1.29, 1.82) is 0 Å². The maximum Gasteiger partial charge on any atom is 0.305 e. The van der Waals surface area contributed by atoms with Crippen LogP contribution in [0.3, 0.4) is 0 Å². The Balaban J connectivity index is 3.32. The van der Waals surface area contributed by atoms with Crippen LogP contribution in [0.1, 0.15) is 361 Å². The number of esters is 1. The highest BCUT2D eigenvalue weighted by atomic mass is 16.5. The third-order valence-corrected chi connectivity index (χ3v) is 15.2. The topological polar surface area (TPSA) is 95.9 Å². The van der Waals surface area contributed by atoms with Crippen LogP contribution in [0.2, 0.25) is 0 Å². The van der Waals surface area contributed by atoms with Crippen LogP contribution < -0.4 is 5.32 Å². The number of aliphatic hydroxyl groups excluding tert-OH is 2. The number of unbranched alkanes of at least 4 members (excludes halogenated alkanes) is 48. The Bertz CT molecular complexity index is 1120. The van der Waals surface area contributed by atoms with E-state index < -0.39 is 12.1 Å². The minimum absolute atomic E-state index is 0.0151. The fourth-order valence-corrected chi connectivity index (χ4v) is 10.2. The lowest BCUT2D eigenvalue weighted by Gasteiger charge is -2.20. The SMILES string of the molecule is CCCCCCCCC/C=C\CCCCCCCCCC(=O)OCCCCCCCCCCCCCCCCCCCCCCCCCCCCCC(=O)NC(CO)C(O)/C=C/CCCCCCCCCC. The molecule has 6 nitrogen and oxygen atoms in total. The van der Waals surface area contributed by atoms with E-state index in [2.05, 4.69) is 31.3 Å². The van der Waals surface area contributed by atoms with E-state index in [1.807, 2.05) is 6.08 Å². The lowest BCUT2D eigenvalue weighted by Crippen LogP contribution is -2.45. The Morgan fingerprint density at radius 2 is 0.653 bits per heavy atom. The maximum absolute atomic E-state index is 12.4. The van der Waals surface area contributed by atoms with Gasteiger partial charge in [0, 0.05) is 12.8 Å². The summed E-state index contributed by atoms with van der Waals surface area (Å²) in [5.74, 6) is -0.0509. The van der Waals surface area contributed by atoms with Gasteiger partial charge in [0.05, 0.1) is 25.4 Å². The third-order valence-electron chi connectivity index (χ3n) is 15.2. The van der Waals surface area contributed by atoms with E-state index in [1.54, 1.807) is 6.08 Å². The summed E-state index contributed by atoms with van der Waals surface area (Å²) in [6.07, 6.45) is 76.8. The molecule has 0 fully saturated rings. The van der Waals surface area contributed by atoms with E-state index in [9.17, 15) is 19.8 Å². The van der Waals surface area contributed by atoms with Crippen molar-refractivity contribution in [2.45, 2.75) is 373 Å². The molecule has 426 valence electrons. The van der Waals surface area contributed by atoms with E-state index in [4.69, 9.17) is 4.74 Å². The molecule has 0 saturated heterocycles. The standard InChI is InChI=1S/C66H127NO5/c1-3-5-7-9-11-13-15-16-17-18-31-34-37-40-44-48-52-56-60-66(71)72-61-57-53-49-45-41-38-35-32-29-27-25-23-21-19-20-22-24-26-28-30-33-36-39-43-47-51-55-59-65(70)67-63(62-68)64(69)58-54-50-46-42-14-12-10-8-6-4-2/h17-18,54,58,63-64,68-69H,3-16,19-53,55-57,59-62H2,1-2H3,(H,67,70)/b18-17-,58-54+. The van der Waals surface area contributed by atoms with Gasteiger partial charge in [0.2, 0.25) is 5.91 Å². The van der Waals surface area contributed by atoms with E-state index >= 15 is 0 Å². The Morgan fingerprint density at radius 3 is 0.986 bits per heavy atom. The lowest BCUT2D eigenvalue weighted by atomic mass is 10.0. The molecule has 0 spiro atoms. The normalized spacial score (nSPS) is 12.7. The zero-order valence-electron chi connectivity index (χ0n) is 48.7. The first-order valence-electron chi connectivity index (χ1n) is 32.6. The number of ether oxygens (including phenoxy) is 1. The molecular formula is C66H127NO5. The number of rotatable bonds is 61. The molecule has 0 aromatic carbocycles. The Morgan fingerprint density at radius 1 is 0.375 bits per heavy atom. The quantitative estimate of drug-likeness (QED) is 0.0320. The van der Waals surface area contributed by atoms with E-state index in [0.29, 0.717) is 19.4 Å². The highest BCUT2D eigenvalue weighted by Crippen LogP contribution is 2.18. The van der Waals surface area contributed by atoms with Crippen LogP contribution in [0, 0.1) is 0 Å². The summed E-state index contributed by atoms with van der Waals surface area (Å²) >= 11 is 0. The zero-order chi connectivity index (χ0) is 52.2. The summed E-state index contributed by atoms with van der Waals surface area (Å²) in [7, 11) is 0. The second-order valence-corrected chi connectivity index (χ2v) is 22.5.